The molecule has 4 nitrogen and oxygen atoms in total. The van der Waals surface area contributed by atoms with E-state index in [0.717, 1.165) is 32.3 Å². The number of ether oxygens (including phenoxy) is 1. The van der Waals surface area contributed by atoms with Crippen LogP contribution in [0.15, 0.2) is 0 Å². The van der Waals surface area contributed by atoms with Gasteiger partial charge in [0.05, 0.1) is 12.1 Å². The Morgan fingerprint density at radius 3 is 2.76 bits per heavy atom. The number of carboxylic acid groups (broad SMARTS) is 1. The molecule has 0 bridgehead atoms. The number of likely N-dealkylation sites (N-methyl/N-ethyl adjacent to an activating group) is 1. The molecule has 1 atom stereocenters. The van der Waals surface area contributed by atoms with Crippen LogP contribution in [-0.2, 0) is 9.53 Å². The van der Waals surface area contributed by atoms with Crippen LogP contribution in [0.3, 0.4) is 0 Å². The van der Waals surface area contributed by atoms with Crippen molar-refractivity contribution >= 4 is 5.97 Å². The zero-order chi connectivity index (χ0) is 12.3. The first kappa shape index (κ1) is 12.8. The average molecular weight is 241 g/mol. The third kappa shape index (κ3) is 3.19. The number of hydrogen-bond donors (Lipinski definition) is 1. The van der Waals surface area contributed by atoms with E-state index in [0.29, 0.717) is 6.04 Å². The van der Waals surface area contributed by atoms with E-state index in [2.05, 4.69) is 0 Å². The Morgan fingerprint density at radius 2 is 2.12 bits per heavy atom. The van der Waals surface area contributed by atoms with Crippen LogP contribution < -0.4 is 0 Å². The molecule has 2 aliphatic rings. The quantitative estimate of drug-likeness (QED) is 0.819. The topological polar surface area (TPSA) is 49.8 Å². The van der Waals surface area contributed by atoms with Crippen molar-refractivity contribution in [2.45, 2.75) is 56.6 Å². The molecule has 2 rings (SSSR count). The lowest BCUT2D eigenvalue weighted by Gasteiger charge is -2.45. The minimum Gasteiger partial charge on any atom is -0.480 e. The molecule has 1 aliphatic heterocycles. The molecule has 2 fully saturated rings. The van der Waals surface area contributed by atoms with Crippen molar-refractivity contribution in [3.05, 3.63) is 0 Å². The second kappa shape index (κ2) is 5.36. The fourth-order valence-corrected chi connectivity index (χ4v) is 3.27. The molecule has 1 N–H and O–H groups in total. The highest BCUT2D eigenvalue weighted by Gasteiger charge is 2.39. The molecule has 1 heterocycles. The minimum atomic E-state index is -0.739. The second-order valence-electron chi connectivity index (χ2n) is 5.55. The van der Waals surface area contributed by atoms with Gasteiger partial charge < -0.3 is 9.84 Å². The molecule has 1 aliphatic carbocycles. The highest BCUT2D eigenvalue weighted by molar-refractivity contribution is 5.69. The summed E-state index contributed by atoms with van der Waals surface area (Å²) < 4.78 is 6.02. The van der Waals surface area contributed by atoms with E-state index in [4.69, 9.17) is 9.84 Å². The van der Waals surface area contributed by atoms with Crippen molar-refractivity contribution in [1.82, 2.24) is 4.90 Å². The normalized spacial score (nSPS) is 28.5. The van der Waals surface area contributed by atoms with Crippen molar-refractivity contribution < 1.29 is 14.6 Å². The predicted octanol–water partition coefficient (Wildman–Crippen LogP) is 1.88. The van der Waals surface area contributed by atoms with Crippen LogP contribution >= 0.6 is 0 Å². The van der Waals surface area contributed by atoms with Crippen LogP contribution in [0.25, 0.3) is 0 Å². The SMILES string of the molecule is CN(CC(=O)O)C1CCOC2(CCCCC2)C1. The monoisotopic (exact) mass is 241 g/mol. The van der Waals surface area contributed by atoms with Gasteiger partial charge in [-0.3, -0.25) is 9.69 Å². The number of rotatable bonds is 3. The second-order valence-corrected chi connectivity index (χ2v) is 5.55. The summed E-state index contributed by atoms with van der Waals surface area (Å²) in [5, 5.41) is 8.84. The molecule has 0 aromatic carbocycles. The lowest BCUT2D eigenvalue weighted by molar-refractivity contribution is -0.143. The molecule has 0 aromatic heterocycles. The summed E-state index contributed by atoms with van der Waals surface area (Å²) in [5.74, 6) is -0.739. The van der Waals surface area contributed by atoms with Crippen LogP contribution in [-0.4, -0.2) is 47.8 Å². The van der Waals surface area contributed by atoms with Gasteiger partial charge in [-0.1, -0.05) is 19.3 Å². The van der Waals surface area contributed by atoms with Crippen molar-refractivity contribution in [3.63, 3.8) is 0 Å². The lowest BCUT2D eigenvalue weighted by Crippen LogP contribution is -2.49. The van der Waals surface area contributed by atoms with Crippen LogP contribution in [0.1, 0.15) is 44.9 Å². The molecule has 1 saturated heterocycles. The standard InChI is InChI=1S/C13H23NO3/c1-14(10-12(15)16)11-5-8-17-13(9-11)6-3-2-4-7-13/h11H,2-10H2,1H3,(H,15,16). The van der Waals surface area contributed by atoms with E-state index < -0.39 is 5.97 Å². The molecule has 0 radical (unpaired) electrons. The summed E-state index contributed by atoms with van der Waals surface area (Å²) in [4.78, 5) is 12.7. The van der Waals surface area contributed by atoms with E-state index in [1.807, 2.05) is 11.9 Å². The zero-order valence-electron chi connectivity index (χ0n) is 10.7. The maximum absolute atomic E-state index is 10.7. The van der Waals surface area contributed by atoms with Gasteiger partial charge in [0.1, 0.15) is 0 Å². The summed E-state index contributed by atoms with van der Waals surface area (Å²) in [6.07, 6.45) is 8.13. The highest BCUT2D eigenvalue weighted by atomic mass is 16.5. The number of aliphatic carboxylic acids is 1. The first-order chi connectivity index (χ1) is 8.11. The Balaban J connectivity index is 1.93. The number of hydrogen-bond acceptors (Lipinski definition) is 3. The fourth-order valence-electron chi connectivity index (χ4n) is 3.27. The van der Waals surface area contributed by atoms with E-state index in [1.54, 1.807) is 0 Å². The third-order valence-corrected chi connectivity index (χ3v) is 4.24. The molecule has 1 saturated carbocycles. The van der Waals surface area contributed by atoms with Crippen molar-refractivity contribution in [3.8, 4) is 0 Å². The minimum absolute atomic E-state index is 0.0634. The molecular weight excluding hydrogens is 218 g/mol. The maximum Gasteiger partial charge on any atom is 0.317 e. The number of carboxylic acids is 1. The predicted molar refractivity (Wildman–Crippen MR) is 65.1 cm³/mol. The number of carbonyl (C=O) groups is 1. The van der Waals surface area contributed by atoms with E-state index in [-0.39, 0.29) is 12.1 Å². The van der Waals surface area contributed by atoms with Gasteiger partial charge in [0.25, 0.3) is 0 Å². The Morgan fingerprint density at radius 1 is 1.41 bits per heavy atom. The Kier molecular flexibility index (Phi) is 4.05. The Labute approximate surface area is 103 Å². The van der Waals surface area contributed by atoms with Crippen LogP contribution in [0.5, 0.6) is 0 Å². The summed E-state index contributed by atoms with van der Waals surface area (Å²) in [6.45, 7) is 0.926. The van der Waals surface area contributed by atoms with Crippen molar-refractivity contribution in [2.75, 3.05) is 20.2 Å². The lowest BCUT2D eigenvalue weighted by atomic mass is 9.78. The Bertz CT molecular complexity index is 268. The van der Waals surface area contributed by atoms with E-state index >= 15 is 0 Å². The molecule has 1 spiro atoms. The summed E-state index contributed by atoms with van der Waals surface area (Å²) in [7, 11) is 1.92. The van der Waals surface area contributed by atoms with E-state index in [9.17, 15) is 4.79 Å². The van der Waals surface area contributed by atoms with Crippen molar-refractivity contribution in [1.29, 1.82) is 0 Å². The molecule has 0 amide bonds. The van der Waals surface area contributed by atoms with Gasteiger partial charge in [0.15, 0.2) is 0 Å². The first-order valence-electron chi connectivity index (χ1n) is 6.67. The number of nitrogens with zero attached hydrogens (tertiary/aromatic N) is 1. The van der Waals surface area contributed by atoms with Crippen LogP contribution in [0.4, 0.5) is 0 Å². The maximum atomic E-state index is 10.7. The molecule has 0 aromatic rings. The molecule has 1 unspecified atom stereocenters. The molecule has 4 heteroatoms. The highest BCUT2D eigenvalue weighted by Crippen LogP contribution is 2.39. The summed E-state index contributed by atoms with van der Waals surface area (Å²) in [5.41, 5.74) is 0.0634. The van der Waals surface area contributed by atoms with Gasteiger partial charge in [0, 0.05) is 12.6 Å². The molecular formula is C13H23NO3. The van der Waals surface area contributed by atoms with Gasteiger partial charge in [-0.15, -0.1) is 0 Å². The summed E-state index contributed by atoms with van der Waals surface area (Å²) >= 11 is 0. The molecule has 98 valence electrons. The fraction of sp³-hybridized carbons (Fsp3) is 0.923. The van der Waals surface area contributed by atoms with Gasteiger partial charge in [-0.25, -0.2) is 0 Å². The van der Waals surface area contributed by atoms with E-state index in [1.165, 1.54) is 19.3 Å². The van der Waals surface area contributed by atoms with Gasteiger partial charge in [0.2, 0.25) is 0 Å². The van der Waals surface area contributed by atoms with Crippen molar-refractivity contribution in [2.24, 2.45) is 0 Å². The summed E-state index contributed by atoms with van der Waals surface area (Å²) in [6, 6.07) is 0.373. The average Bonchev–Trinajstić information content (AvgIpc) is 2.29. The third-order valence-electron chi connectivity index (χ3n) is 4.24. The van der Waals surface area contributed by atoms with Crippen LogP contribution in [0, 0.1) is 0 Å². The van der Waals surface area contributed by atoms with Gasteiger partial charge in [-0.2, -0.15) is 0 Å². The zero-order valence-corrected chi connectivity index (χ0v) is 10.7. The van der Waals surface area contributed by atoms with Gasteiger partial charge in [-0.05, 0) is 32.7 Å². The Hall–Kier alpha value is -0.610. The smallest absolute Gasteiger partial charge is 0.317 e. The van der Waals surface area contributed by atoms with Gasteiger partial charge >= 0.3 is 5.97 Å². The first-order valence-corrected chi connectivity index (χ1v) is 6.67. The molecule has 17 heavy (non-hydrogen) atoms. The van der Waals surface area contributed by atoms with Crippen LogP contribution in [0.2, 0.25) is 0 Å². The largest absolute Gasteiger partial charge is 0.480 e.